The molecule has 3 heterocycles. The summed E-state index contributed by atoms with van der Waals surface area (Å²) in [5, 5.41) is 7.13. The van der Waals surface area contributed by atoms with Gasteiger partial charge < -0.3 is 14.6 Å². The molecule has 0 spiro atoms. The first-order chi connectivity index (χ1) is 13.1. The molecule has 0 radical (unpaired) electrons. The summed E-state index contributed by atoms with van der Waals surface area (Å²) < 4.78 is 30.4. The number of imidazole rings is 1. The molecule has 1 fully saturated rings. The SMILES string of the molecule is N=C(/C=C\c1ncc(-c2cc(N3CCOC(CCS)C3)ncn2)[nH]1)C(F)F. The Labute approximate surface area is 160 Å². The lowest BCUT2D eigenvalue weighted by atomic mass is 10.2. The third-order valence-electron chi connectivity index (χ3n) is 4.09. The minimum atomic E-state index is -2.81. The lowest BCUT2D eigenvalue weighted by Crippen LogP contribution is -2.43. The third kappa shape index (κ3) is 5.10. The summed E-state index contributed by atoms with van der Waals surface area (Å²) in [4.78, 5) is 17.9. The van der Waals surface area contributed by atoms with Crippen LogP contribution in [0.1, 0.15) is 12.2 Å². The highest BCUT2D eigenvalue weighted by Gasteiger charge is 2.21. The predicted octanol–water partition coefficient (Wildman–Crippen LogP) is 2.69. The fourth-order valence-corrected chi connectivity index (χ4v) is 2.99. The van der Waals surface area contributed by atoms with E-state index in [2.05, 4.69) is 37.5 Å². The lowest BCUT2D eigenvalue weighted by Gasteiger charge is -2.33. The molecule has 1 saturated heterocycles. The second-order valence-electron chi connectivity index (χ2n) is 5.98. The number of alkyl halides is 2. The van der Waals surface area contributed by atoms with Crippen molar-refractivity contribution in [3.63, 3.8) is 0 Å². The topological polar surface area (TPSA) is 90.8 Å². The van der Waals surface area contributed by atoms with Crippen LogP contribution >= 0.6 is 12.6 Å². The highest BCUT2D eigenvalue weighted by molar-refractivity contribution is 7.80. The zero-order valence-electron chi connectivity index (χ0n) is 14.5. The Bertz CT molecular complexity index is 810. The minimum absolute atomic E-state index is 0.128. The number of ether oxygens (including phenoxy) is 1. The first-order valence-electron chi connectivity index (χ1n) is 8.46. The van der Waals surface area contributed by atoms with Gasteiger partial charge >= 0.3 is 0 Å². The molecule has 3 rings (SSSR count). The first kappa shape index (κ1) is 19.4. The summed E-state index contributed by atoms with van der Waals surface area (Å²) in [6.07, 6.45) is 3.61. The van der Waals surface area contributed by atoms with Crippen molar-refractivity contribution in [1.29, 1.82) is 5.41 Å². The number of H-pyrrole nitrogens is 1. The highest BCUT2D eigenvalue weighted by atomic mass is 32.1. The molecule has 1 aliphatic heterocycles. The largest absolute Gasteiger partial charge is 0.375 e. The number of morpholine rings is 1. The molecule has 2 aromatic rings. The van der Waals surface area contributed by atoms with Crippen molar-refractivity contribution in [3.8, 4) is 11.4 Å². The smallest absolute Gasteiger partial charge is 0.279 e. The zero-order valence-corrected chi connectivity index (χ0v) is 15.4. The molecule has 0 saturated carbocycles. The molecule has 0 bridgehead atoms. The van der Waals surface area contributed by atoms with Gasteiger partial charge in [0.2, 0.25) is 0 Å². The summed E-state index contributed by atoms with van der Waals surface area (Å²) in [6.45, 7) is 2.11. The summed E-state index contributed by atoms with van der Waals surface area (Å²) in [5.74, 6) is 1.93. The Morgan fingerprint density at radius 3 is 3.07 bits per heavy atom. The van der Waals surface area contributed by atoms with Crippen LogP contribution in [-0.4, -0.2) is 63.6 Å². The van der Waals surface area contributed by atoms with Gasteiger partial charge in [-0.05, 0) is 24.3 Å². The Morgan fingerprint density at radius 1 is 1.44 bits per heavy atom. The van der Waals surface area contributed by atoms with Gasteiger partial charge in [0.15, 0.2) is 0 Å². The Hall–Kier alpha value is -2.33. The molecule has 10 heteroatoms. The molecule has 0 aliphatic carbocycles. The van der Waals surface area contributed by atoms with E-state index >= 15 is 0 Å². The quantitative estimate of drug-likeness (QED) is 0.496. The van der Waals surface area contributed by atoms with E-state index in [4.69, 9.17) is 10.1 Å². The van der Waals surface area contributed by atoms with Crippen LogP contribution in [0.3, 0.4) is 0 Å². The number of rotatable bonds is 7. The van der Waals surface area contributed by atoms with Gasteiger partial charge in [-0.15, -0.1) is 0 Å². The fourth-order valence-electron chi connectivity index (χ4n) is 2.71. The van der Waals surface area contributed by atoms with Gasteiger partial charge in [-0.25, -0.2) is 23.7 Å². The standard InChI is InChI=1S/C17H20F2N6OS/c18-17(19)12(20)1-2-15-21-8-14(24-15)13-7-16(23-10-22-13)25-4-5-26-11(9-25)3-6-27/h1-2,7-8,10-11,17,20,27H,3-6,9H2,(H,21,24)/b2-1-,20-12?. The number of thiol groups is 1. The molecule has 144 valence electrons. The average Bonchev–Trinajstić information content (AvgIpc) is 3.16. The summed E-state index contributed by atoms with van der Waals surface area (Å²) in [7, 11) is 0. The van der Waals surface area contributed by atoms with Crippen molar-refractivity contribution in [2.75, 3.05) is 30.3 Å². The molecule has 2 N–H and O–H groups in total. The van der Waals surface area contributed by atoms with Crippen LogP contribution in [0, 0.1) is 5.41 Å². The predicted molar refractivity (Wildman–Crippen MR) is 103 cm³/mol. The van der Waals surface area contributed by atoms with E-state index in [1.807, 2.05) is 6.07 Å². The molecular formula is C17H20F2N6OS. The van der Waals surface area contributed by atoms with Crippen molar-refractivity contribution >= 4 is 30.2 Å². The molecule has 7 nitrogen and oxygen atoms in total. The average molecular weight is 394 g/mol. The van der Waals surface area contributed by atoms with Crippen molar-refractivity contribution in [2.24, 2.45) is 0 Å². The van der Waals surface area contributed by atoms with Gasteiger partial charge in [0.05, 0.1) is 36.0 Å². The number of anilines is 1. The number of hydrogen-bond acceptors (Lipinski definition) is 7. The molecule has 27 heavy (non-hydrogen) atoms. The Balaban J connectivity index is 1.73. The van der Waals surface area contributed by atoms with Gasteiger partial charge in [-0.1, -0.05) is 0 Å². The monoisotopic (exact) mass is 394 g/mol. The van der Waals surface area contributed by atoms with Crippen LogP contribution in [0.5, 0.6) is 0 Å². The first-order valence-corrected chi connectivity index (χ1v) is 9.09. The van der Waals surface area contributed by atoms with E-state index < -0.39 is 12.1 Å². The fraction of sp³-hybridized carbons (Fsp3) is 0.412. The van der Waals surface area contributed by atoms with Crippen molar-refractivity contribution in [2.45, 2.75) is 19.0 Å². The number of aromatic nitrogens is 4. The Kier molecular flexibility index (Phi) is 6.51. The van der Waals surface area contributed by atoms with Gasteiger partial charge in [0.25, 0.3) is 6.43 Å². The van der Waals surface area contributed by atoms with Gasteiger partial charge in [0.1, 0.15) is 18.0 Å². The number of nitrogens with zero attached hydrogens (tertiary/aromatic N) is 4. The maximum absolute atomic E-state index is 12.4. The molecule has 1 unspecified atom stereocenters. The summed E-state index contributed by atoms with van der Waals surface area (Å²) in [6, 6.07) is 1.85. The number of nitrogens with one attached hydrogen (secondary N) is 2. The van der Waals surface area contributed by atoms with Crippen LogP contribution in [0.15, 0.2) is 24.7 Å². The van der Waals surface area contributed by atoms with Crippen molar-refractivity contribution in [3.05, 3.63) is 30.5 Å². The van der Waals surface area contributed by atoms with Gasteiger partial charge in [0, 0.05) is 19.2 Å². The maximum atomic E-state index is 12.4. The summed E-state index contributed by atoms with van der Waals surface area (Å²) >= 11 is 4.26. The lowest BCUT2D eigenvalue weighted by molar-refractivity contribution is 0.0390. The van der Waals surface area contributed by atoms with E-state index in [1.54, 1.807) is 6.20 Å². The highest BCUT2D eigenvalue weighted by Crippen LogP contribution is 2.22. The summed E-state index contributed by atoms with van der Waals surface area (Å²) in [5.41, 5.74) is 0.524. The number of hydrogen-bond donors (Lipinski definition) is 3. The molecular weight excluding hydrogens is 374 g/mol. The van der Waals surface area contributed by atoms with Crippen LogP contribution in [0.25, 0.3) is 17.5 Å². The van der Waals surface area contributed by atoms with Gasteiger partial charge in [-0.2, -0.15) is 12.6 Å². The van der Waals surface area contributed by atoms with E-state index in [-0.39, 0.29) is 6.10 Å². The van der Waals surface area contributed by atoms with Crippen LogP contribution in [-0.2, 0) is 4.74 Å². The number of aromatic amines is 1. The van der Waals surface area contributed by atoms with Crippen LogP contribution < -0.4 is 4.90 Å². The third-order valence-corrected chi connectivity index (χ3v) is 4.35. The maximum Gasteiger partial charge on any atom is 0.279 e. The van der Waals surface area contributed by atoms with Crippen LogP contribution in [0.2, 0.25) is 0 Å². The minimum Gasteiger partial charge on any atom is -0.375 e. The van der Waals surface area contributed by atoms with E-state index in [9.17, 15) is 8.78 Å². The second-order valence-corrected chi connectivity index (χ2v) is 6.43. The van der Waals surface area contributed by atoms with Gasteiger partial charge in [-0.3, -0.25) is 5.41 Å². The molecule has 0 aromatic carbocycles. The molecule has 1 aliphatic rings. The number of allylic oxidation sites excluding steroid dienone is 1. The van der Waals surface area contributed by atoms with Crippen molar-refractivity contribution in [1.82, 2.24) is 19.9 Å². The Morgan fingerprint density at radius 2 is 2.30 bits per heavy atom. The molecule has 2 aromatic heterocycles. The second kappa shape index (κ2) is 9.05. The van der Waals surface area contributed by atoms with E-state index in [0.717, 1.165) is 37.2 Å². The molecule has 1 atom stereocenters. The van der Waals surface area contributed by atoms with Crippen molar-refractivity contribution < 1.29 is 13.5 Å². The zero-order chi connectivity index (χ0) is 19.2. The van der Waals surface area contributed by atoms with E-state index in [0.29, 0.717) is 23.8 Å². The normalized spacial score (nSPS) is 17.8. The molecule has 0 amide bonds. The van der Waals surface area contributed by atoms with E-state index in [1.165, 1.54) is 12.4 Å². The number of halogens is 2. The van der Waals surface area contributed by atoms with Crippen LogP contribution in [0.4, 0.5) is 14.6 Å².